The van der Waals surface area contributed by atoms with Gasteiger partial charge in [-0.3, -0.25) is 4.72 Å². The first-order chi connectivity index (χ1) is 11.5. The summed E-state index contributed by atoms with van der Waals surface area (Å²) < 4.78 is 33.1. The van der Waals surface area contributed by atoms with Crippen molar-refractivity contribution >= 4 is 38.8 Å². The molecule has 1 aromatic heterocycles. The summed E-state index contributed by atoms with van der Waals surface area (Å²) in [6.45, 7) is 0. The van der Waals surface area contributed by atoms with Gasteiger partial charge in [0.05, 0.1) is 15.4 Å². The van der Waals surface area contributed by atoms with Crippen molar-refractivity contribution in [2.45, 2.75) is 42.3 Å². The number of benzene rings is 1. The number of fused-ring (bicyclic) bond motifs is 2. The molecule has 3 atom stereocenters. The summed E-state index contributed by atoms with van der Waals surface area (Å²) >= 11 is 7.55. The highest BCUT2D eigenvalue weighted by Crippen LogP contribution is 2.34. The van der Waals surface area contributed by atoms with E-state index in [1.165, 1.54) is 29.9 Å². The Morgan fingerprint density at radius 3 is 2.67 bits per heavy atom. The van der Waals surface area contributed by atoms with Crippen LogP contribution in [-0.4, -0.2) is 31.6 Å². The van der Waals surface area contributed by atoms with Gasteiger partial charge in [-0.2, -0.15) is 0 Å². The summed E-state index contributed by atoms with van der Waals surface area (Å²) in [6, 6.07) is 5.60. The van der Waals surface area contributed by atoms with Crippen molar-refractivity contribution in [3.8, 4) is 5.75 Å². The number of nitrogens with zero attached hydrogens (tertiary/aromatic N) is 1. The van der Waals surface area contributed by atoms with Crippen LogP contribution < -0.4 is 14.8 Å². The molecule has 24 heavy (non-hydrogen) atoms. The lowest BCUT2D eigenvalue weighted by Crippen LogP contribution is -2.60. The lowest BCUT2D eigenvalue weighted by atomic mass is 9.81. The molecular weight excluding hydrogens is 370 g/mol. The van der Waals surface area contributed by atoms with Crippen molar-refractivity contribution in [1.29, 1.82) is 0 Å². The maximum Gasteiger partial charge on any atom is 0.263 e. The predicted molar refractivity (Wildman–Crippen MR) is 93.4 cm³/mol. The number of sulfonamides is 1. The molecule has 2 aromatic rings. The van der Waals surface area contributed by atoms with Crippen LogP contribution >= 0.6 is 22.9 Å². The predicted octanol–water partition coefficient (Wildman–Crippen LogP) is 2.87. The molecule has 9 heteroatoms. The third-order valence-electron chi connectivity index (χ3n) is 4.31. The summed E-state index contributed by atoms with van der Waals surface area (Å²) in [7, 11) is -3.71. The Labute approximate surface area is 149 Å². The Bertz CT molecular complexity index is 826. The largest absolute Gasteiger partial charge is 0.489 e. The Morgan fingerprint density at radius 1 is 1.29 bits per heavy atom. The van der Waals surface area contributed by atoms with Gasteiger partial charge in [0.1, 0.15) is 11.9 Å². The summed E-state index contributed by atoms with van der Waals surface area (Å²) in [5.41, 5.74) is 1.56. The molecule has 1 unspecified atom stereocenters. The first-order valence-corrected chi connectivity index (χ1v) is 10.4. The van der Waals surface area contributed by atoms with E-state index in [9.17, 15) is 8.42 Å². The van der Waals surface area contributed by atoms with E-state index < -0.39 is 10.0 Å². The van der Waals surface area contributed by atoms with Crippen LogP contribution in [0.4, 0.5) is 5.82 Å². The molecule has 2 saturated heterocycles. The number of thiazole rings is 1. The number of rotatable bonds is 5. The van der Waals surface area contributed by atoms with Gasteiger partial charge in [-0.1, -0.05) is 11.6 Å². The summed E-state index contributed by atoms with van der Waals surface area (Å²) in [5.74, 6) is 0.820. The van der Waals surface area contributed by atoms with Gasteiger partial charge in [0.25, 0.3) is 10.0 Å². The molecule has 2 aliphatic heterocycles. The van der Waals surface area contributed by atoms with Crippen molar-refractivity contribution < 1.29 is 13.2 Å². The molecule has 3 aliphatic rings. The molecule has 5 rings (SSSR count). The second-order valence-electron chi connectivity index (χ2n) is 6.08. The number of ether oxygens (including phenoxy) is 1. The Kier molecular flexibility index (Phi) is 4.16. The Balaban J connectivity index is 1.49. The van der Waals surface area contributed by atoms with E-state index in [0.29, 0.717) is 28.7 Å². The average molecular weight is 386 g/mol. The lowest BCUT2D eigenvalue weighted by molar-refractivity contribution is 0.0556. The molecule has 3 fully saturated rings. The maximum atomic E-state index is 12.3. The number of aromatic nitrogens is 1. The molecule has 3 heterocycles. The first-order valence-electron chi connectivity index (χ1n) is 7.63. The van der Waals surface area contributed by atoms with Crippen molar-refractivity contribution in [3.63, 3.8) is 0 Å². The minimum atomic E-state index is -3.71. The summed E-state index contributed by atoms with van der Waals surface area (Å²) in [5, 5.41) is 5.37. The van der Waals surface area contributed by atoms with Gasteiger partial charge in [-0.15, -0.1) is 11.3 Å². The van der Waals surface area contributed by atoms with Crippen molar-refractivity contribution in [2.24, 2.45) is 0 Å². The molecule has 0 radical (unpaired) electrons. The first kappa shape index (κ1) is 16.1. The van der Waals surface area contributed by atoms with E-state index in [-0.39, 0.29) is 11.0 Å². The third-order valence-corrected chi connectivity index (χ3v) is 6.55. The van der Waals surface area contributed by atoms with Crippen LogP contribution in [0.5, 0.6) is 5.75 Å². The smallest absolute Gasteiger partial charge is 0.263 e. The van der Waals surface area contributed by atoms with Crippen LogP contribution in [0.25, 0.3) is 0 Å². The molecule has 2 N–H and O–H groups in total. The molecule has 1 aromatic carbocycles. The molecule has 128 valence electrons. The molecule has 1 saturated carbocycles. The van der Waals surface area contributed by atoms with E-state index in [1.54, 1.807) is 17.0 Å². The van der Waals surface area contributed by atoms with Crippen LogP contribution in [0, 0.1) is 0 Å². The fourth-order valence-corrected chi connectivity index (χ4v) is 5.06. The SMILES string of the molecule is O=S(=O)(Nc1cscn1)c1ccc(OC2C[C@@H]3C[C@H](C2)N3)c(Cl)c1. The highest BCUT2D eigenvalue weighted by atomic mass is 35.5. The van der Waals surface area contributed by atoms with Crippen molar-refractivity contribution in [3.05, 3.63) is 34.1 Å². The number of nitrogens with one attached hydrogen (secondary N) is 2. The molecule has 1 aliphatic carbocycles. The van der Waals surface area contributed by atoms with Crippen LogP contribution in [0.2, 0.25) is 5.02 Å². The normalized spacial score (nSPS) is 25.8. The Hall–Kier alpha value is -1.35. The standard InChI is InChI=1S/C15H16ClN3O3S2/c16-13-6-12(24(20,21)19-15-7-23-8-17-15)1-2-14(13)22-11-4-9-3-10(5-11)18-9/h1-2,6-11,18-19H,3-5H2/t9-,10+,11?. The second-order valence-corrected chi connectivity index (χ2v) is 8.89. The zero-order valence-corrected chi connectivity index (χ0v) is 15.0. The van der Waals surface area contributed by atoms with Gasteiger partial charge in [0.15, 0.2) is 5.82 Å². The van der Waals surface area contributed by atoms with Crippen molar-refractivity contribution in [2.75, 3.05) is 4.72 Å². The van der Waals surface area contributed by atoms with Crippen LogP contribution in [0.1, 0.15) is 19.3 Å². The van der Waals surface area contributed by atoms with E-state index in [1.807, 2.05) is 0 Å². The summed E-state index contributed by atoms with van der Waals surface area (Å²) in [4.78, 5) is 4.00. The number of hydrogen-bond donors (Lipinski definition) is 2. The fourth-order valence-electron chi connectivity index (χ4n) is 3.19. The highest BCUT2D eigenvalue weighted by Gasteiger charge is 2.38. The number of anilines is 1. The number of hydrogen-bond acceptors (Lipinski definition) is 6. The fraction of sp³-hybridized carbons (Fsp3) is 0.400. The minimum Gasteiger partial charge on any atom is -0.489 e. The third kappa shape index (κ3) is 3.23. The molecule has 0 amide bonds. The zero-order valence-electron chi connectivity index (χ0n) is 12.6. The second kappa shape index (κ2) is 6.18. The number of piperidine rings is 1. The summed E-state index contributed by atoms with van der Waals surface area (Å²) in [6.07, 6.45) is 3.26. The van der Waals surface area contributed by atoms with Crippen LogP contribution in [0.3, 0.4) is 0 Å². The molecular formula is C15H16ClN3O3S2. The molecule has 6 nitrogen and oxygen atoms in total. The van der Waals surface area contributed by atoms with Crippen LogP contribution in [0.15, 0.2) is 34.0 Å². The topological polar surface area (TPSA) is 80.3 Å². The van der Waals surface area contributed by atoms with Gasteiger partial charge in [-0.05, 0) is 37.5 Å². The van der Waals surface area contributed by atoms with Gasteiger partial charge in [-0.25, -0.2) is 13.4 Å². The quantitative estimate of drug-likeness (QED) is 0.827. The molecule has 2 bridgehead atoms. The van der Waals surface area contributed by atoms with E-state index in [2.05, 4.69) is 15.0 Å². The Morgan fingerprint density at radius 2 is 2.04 bits per heavy atom. The van der Waals surface area contributed by atoms with E-state index in [0.717, 1.165) is 12.8 Å². The zero-order chi connectivity index (χ0) is 16.7. The van der Waals surface area contributed by atoms with Gasteiger partial charge in [0, 0.05) is 17.5 Å². The lowest BCUT2D eigenvalue weighted by Gasteiger charge is -2.46. The maximum absolute atomic E-state index is 12.3. The minimum absolute atomic E-state index is 0.0843. The number of halogens is 1. The van der Waals surface area contributed by atoms with E-state index >= 15 is 0 Å². The van der Waals surface area contributed by atoms with Crippen molar-refractivity contribution in [1.82, 2.24) is 10.3 Å². The van der Waals surface area contributed by atoms with Gasteiger partial charge < -0.3 is 10.1 Å². The highest BCUT2D eigenvalue weighted by molar-refractivity contribution is 7.92. The molecule has 0 spiro atoms. The average Bonchev–Trinajstić information content (AvgIpc) is 3.01. The van der Waals surface area contributed by atoms with Crippen LogP contribution in [-0.2, 0) is 10.0 Å². The van der Waals surface area contributed by atoms with E-state index in [4.69, 9.17) is 16.3 Å². The monoisotopic (exact) mass is 385 g/mol. The van der Waals surface area contributed by atoms with Gasteiger partial charge in [0.2, 0.25) is 0 Å². The van der Waals surface area contributed by atoms with Gasteiger partial charge >= 0.3 is 0 Å².